The van der Waals surface area contributed by atoms with Crippen LogP contribution in [0.5, 0.6) is 0 Å². The lowest BCUT2D eigenvalue weighted by atomic mass is 9.81. The van der Waals surface area contributed by atoms with E-state index in [2.05, 4.69) is 15.7 Å². The molecule has 1 aromatic carbocycles. The zero-order valence-electron chi connectivity index (χ0n) is 17.1. The highest BCUT2D eigenvalue weighted by molar-refractivity contribution is 5.95. The molecule has 1 fully saturated rings. The van der Waals surface area contributed by atoms with Crippen molar-refractivity contribution >= 4 is 17.8 Å². The first-order valence-corrected chi connectivity index (χ1v) is 10.2. The first kappa shape index (κ1) is 23.3. The molecule has 2 amide bonds. The Balaban J connectivity index is 1.54. The van der Waals surface area contributed by atoms with Gasteiger partial charge in [0.05, 0.1) is 17.2 Å². The molecular formula is C21H23F3N4O4. The molecule has 0 spiro atoms. The average Bonchev–Trinajstić information content (AvgIpc) is 3.23. The number of carbonyl (C=O) groups is 3. The number of carboxylic acids is 1. The number of amides is 2. The number of benzene rings is 1. The quantitative estimate of drug-likeness (QED) is 0.559. The third-order valence-corrected chi connectivity index (χ3v) is 5.41. The van der Waals surface area contributed by atoms with Gasteiger partial charge >= 0.3 is 12.1 Å². The Bertz CT molecular complexity index is 967. The smallest absolute Gasteiger partial charge is 0.435 e. The van der Waals surface area contributed by atoms with Crippen molar-refractivity contribution in [2.24, 2.45) is 11.8 Å². The number of nitrogens with zero attached hydrogens (tertiary/aromatic N) is 2. The van der Waals surface area contributed by atoms with E-state index in [1.165, 1.54) is 0 Å². The molecule has 1 heterocycles. The lowest BCUT2D eigenvalue weighted by Crippen LogP contribution is -2.39. The van der Waals surface area contributed by atoms with Crippen LogP contribution in [0.1, 0.15) is 41.7 Å². The van der Waals surface area contributed by atoms with E-state index >= 15 is 0 Å². The molecule has 0 radical (unpaired) electrons. The average molecular weight is 452 g/mol. The summed E-state index contributed by atoms with van der Waals surface area (Å²) in [7, 11) is 0. The van der Waals surface area contributed by atoms with Crippen LogP contribution in [0, 0.1) is 11.8 Å². The van der Waals surface area contributed by atoms with Gasteiger partial charge in [-0.05, 0) is 37.8 Å². The minimum Gasteiger partial charge on any atom is -0.481 e. The van der Waals surface area contributed by atoms with Gasteiger partial charge in [-0.25, -0.2) is 4.68 Å². The highest BCUT2D eigenvalue weighted by Gasteiger charge is 2.39. The van der Waals surface area contributed by atoms with Crippen LogP contribution in [0.2, 0.25) is 0 Å². The number of carboxylic acid groups (broad SMARTS) is 1. The second-order valence-electron chi connectivity index (χ2n) is 7.60. The van der Waals surface area contributed by atoms with Gasteiger partial charge in [0.15, 0.2) is 5.69 Å². The maximum Gasteiger partial charge on any atom is 0.435 e. The number of halogens is 3. The van der Waals surface area contributed by atoms with Gasteiger partial charge in [-0.15, -0.1) is 0 Å². The fraction of sp³-hybridized carbons (Fsp3) is 0.429. The molecule has 1 aliphatic carbocycles. The summed E-state index contributed by atoms with van der Waals surface area (Å²) in [6.07, 6.45) is -2.01. The van der Waals surface area contributed by atoms with Crippen molar-refractivity contribution < 1.29 is 32.7 Å². The van der Waals surface area contributed by atoms with E-state index in [4.69, 9.17) is 5.11 Å². The highest BCUT2D eigenvalue weighted by Crippen LogP contribution is 2.31. The Labute approximate surface area is 181 Å². The number of aliphatic carboxylic acids is 1. The summed E-state index contributed by atoms with van der Waals surface area (Å²) in [5, 5.41) is 17.5. The molecule has 1 saturated carbocycles. The van der Waals surface area contributed by atoms with E-state index in [1.807, 2.05) is 0 Å². The SMILES string of the molecule is O=C(NCCNC(=O)[C@H]1CC[C@H](C(=O)O)CC1)c1cn(-c2ccccc2)nc1C(F)(F)F. The lowest BCUT2D eigenvalue weighted by Gasteiger charge is -2.25. The van der Waals surface area contributed by atoms with Gasteiger partial charge in [-0.2, -0.15) is 18.3 Å². The number of hydrogen-bond donors (Lipinski definition) is 3. The fourth-order valence-electron chi connectivity index (χ4n) is 3.67. The summed E-state index contributed by atoms with van der Waals surface area (Å²) in [6.45, 7) is -0.0273. The summed E-state index contributed by atoms with van der Waals surface area (Å²) < 4.78 is 41.1. The van der Waals surface area contributed by atoms with E-state index in [-0.39, 0.29) is 24.9 Å². The van der Waals surface area contributed by atoms with Gasteiger partial charge in [-0.3, -0.25) is 14.4 Å². The third kappa shape index (κ3) is 5.65. The molecule has 0 saturated heterocycles. The standard InChI is InChI=1S/C21H23F3N4O4/c22-21(23,24)17-16(12-28(27-17)15-4-2-1-3-5-15)19(30)26-11-10-25-18(29)13-6-8-14(9-7-13)20(31)32/h1-5,12-14H,6-11H2,(H,25,29)(H,26,30)(H,31,32)/t13-,14-. The van der Waals surface area contributed by atoms with Crippen molar-refractivity contribution in [3.8, 4) is 5.69 Å². The molecule has 0 atom stereocenters. The highest BCUT2D eigenvalue weighted by atomic mass is 19.4. The maximum atomic E-state index is 13.4. The summed E-state index contributed by atoms with van der Waals surface area (Å²) in [4.78, 5) is 35.5. The first-order chi connectivity index (χ1) is 15.2. The number of nitrogens with one attached hydrogen (secondary N) is 2. The molecule has 0 aliphatic heterocycles. The van der Waals surface area contributed by atoms with E-state index in [9.17, 15) is 27.6 Å². The van der Waals surface area contributed by atoms with Gasteiger partial charge in [0.25, 0.3) is 5.91 Å². The number of hydrogen-bond acceptors (Lipinski definition) is 4. The van der Waals surface area contributed by atoms with Crippen LogP contribution in [0.25, 0.3) is 5.69 Å². The molecule has 2 aromatic rings. The van der Waals surface area contributed by atoms with Crippen LogP contribution < -0.4 is 10.6 Å². The molecule has 1 aliphatic rings. The maximum absolute atomic E-state index is 13.4. The van der Waals surface area contributed by atoms with E-state index in [0.717, 1.165) is 10.9 Å². The molecular weight excluding hydrogens is 429 g/mol. The van der Waals surface area contributed by atoms with Gasteiger partial charge in [0, 0.05) is 25.2 Å². The molecule has 3 N–H and O–H groups in total. The molecule has 8 nitrogen and oxygen atoms in total. The van der Waals surface area contributed by atoms with Gasteiger partial charge in [0.2, 0.25) is 5.91 Å². The fourth-order valence-corrected chi connectivity index (χ4v) is 3.67. The zero-order chi connectivity index (χ0) is 23.3. The van der Waals surface area contributed by atoms with Crippen molar-refractivity contribution in [1.82, 2.24) is 20.4 Å². The second-order valence-corrected chi connectivity index (χ2v) is 7.60. The number of alkyl halides is 3. The largest absolute Gasteiger partial charge is 0.481 e. The number of carbonyl (C=O) groups excluding carboxylic acids is 2. The van der Waals surface area contributed by atoms with Crippen LogP contribution in [0.4, 0.5) is 13.2 Å². The minimum absolute atomic E-state index is 0.0393. The Kier molecular flexibility index (Phi) is 7.16. The van der Waals surface area contributed by atoms with Crippen molar-refractivity contribution in [3.05, 3.63) is 47.8 Å². The topological polar surface area (TPSA) is 113 Å². The molecule has 11 heteroatoms. The van der Waals surface area contributed by atoms with Crippen LogP contribution in [-0.4, -0.2) is 45.8 Å². The summed E-state index contributed by atoms with van der Waals surface area (Å²) >= 11 is 0. The molecule has 1 aromatic heterocycles. The molecule has 172 valence electrons. The molecule has 32 heavy (non-hydrogen) atoms. The van der Waals surface area contributed by atoms with Gasteiger partial charge in [0.1, 0.15) is 0 Å². The number of rotatable bonds is 7. The predicted molar refractivity (Wildman–Crippen MR) is 107 cm³/mol. The van der Waals surface area contributed by atoms with Gasteiger partial charge < -0.3 is 15.7 Å². The minimum atomic E-state index is -4.81. The second kappa shape index (κ2) is 9.84. The zero-order valence-corrected chi connectivity index (χ0v) is 17.1. The Morgan fingerprint density at radius 1 is 1.00 bits per heavy atom. The monoisotopic (exact) mass is 452 g/mol. The summed E-state index contributed by atoms with van der Waals surface area (Å²) in [5.41, 5.74) is -1.53. The summed E-state index contributed by atoms with van der Waals surface area (Å²) in [5.74, 6) is -2.80. The van der Waals surface area contributed by atoms with Crippen molar-refractivity contribution in [3.63, 3.8) is 0 Å². The van der Waals surface area contributed by atoms with Crippen molar-refractivity contribution in [1.29, 1.82) is 0 Å². The van der Waals surface area contributed by atoms with E-state index < -0.39 is 35.2 Å². The third-order valence-electron chi connectivity index (χ3n) is 5.41. The number of para-hydroxylation sites is 1. The van der Waals surface area contributed by atoms with Crippen LogP contribution in [0.3, 0.4) is 0 Å². The Morgan fingerprint density at radius 2 is 1.59 bits per heavy atom. The van der Waals surface area contributed by atoms with Crippen LogP contribution in [-0.2, 0) is 15.8 Å². The summed E-state index contributed by atoms with van der Waals surface area (Å²) in [6, 6.07) is 8.11. The first-order valence-electron chi connectivity index (χ1n) is 10.2. The number of aromatic nitrogens is 2. The van der Waals surface area contributed by atoms with Crippen LogP contribution in [0.15, 0.2) is 36.5 Å². The lowest BCUT2D eigenvalue weighted by molar-refractivity contribution is -0.144. The molecule has 3 rings (SSSR count). The normalized spacial score (nSPS) is 18.7. The predicted octanol–water partition coefficient (Wildman–Crippen LogP) is 2.63. The van der Waals surface area contributed by atoms with Crippen LogP contribution >= 0.6 is 0 Å². The molecule has 0 unspecified atom stereocenters. The van der Waals surface area contributed by atoms with Crippen molar-refractivity contribution in [2.75, 3.05) is 13.1 Å². The van der Waals surface area contributed by atoms with Crippen molar-refractivity contribution in [2.45, 2.75) is 31.9 Å². The van der Waals surface area contributed by atoms with Gasteiger partial charge in [-0.1, -0.05) is 18.2 Å². The van der Waals surface area contributed by atoms with E-state index in [1.54, 1.807) is 30.3 Å². The Hall–Kier alpha value is -3.37. The molecule has 0 bridgehead atoms. The Morgan fingerprint density at radius 3 is 2.19 bits per heavy atom. The van der Waals surface area contributed by atoms with E-state index in [0.29, 0.717) is 31.4 Å².